The van der Waals surface area contributed by atoms with Crippen LogP contribution in [0.5, 0.6) is 0 Å². The molecule has 6 heteroatoms. The molecule has 0 amide bonds. The number of hydrogen-bond donors (Lipinski definition) is 3. The van der Waals surface area contributed by atoms with Gasteiger partial charge in [-0.05, 0) is 30.8 Å². The lowest BCUT2D eigenvalue weighted by Gasteiger charge is -2.01. The highest BCUT2D eigenvalue weighted by molar-refractivity contribution is 8.54. The minimum atomic E-state index is -3.83. The van der Waals surface area contributed by atoms with Gasteiger partial charge in [0.05, 0.1) is 0 Å². The van der Waals surface area contributed by atoms with Crippen molar-refractivity contribution in [3.63, 3.8) is 0 Å². The molecule has 4 N–H and O–H groups in total. The second kappa shape index (κ2) is 6.03. The van der Waals surface area contributed by atoms with E-state index in [9.17, 15) is 4.57 Å². The van der Waals surface area contributed by atoms with Gasteiger partial charge >= 0.3 is 6.80 Å². The molecule has 0 aliphatic heterocycles. The summed E-state index contributed by atoms with van der Waals surface area (Å²) in [5, 5.41) is 0. The lowest BCUT2D eigenvalue weighted by atomic mass is 10.2. The van der Waals surface area contributed by atoms with E-state index in [4.69, 9.17) is 15.5 Å². The van der Waals surface area contributed by atoms with Gasteiger partial charge in [-0.15, -0.1) is 0 Å². The number of rotatable bonds is 6. The summed E-state index contributed by atoms with van der Waals surface area (Å²) in [6.07, 6.45) is 2.71. The van der Waals surface area contributed by atoms with Crippen molar-refractivity contribution in [3.05, 3.63) is 0 Å². The van der Waals surface area contributed by atoms with Crippen LogP contribution in [0.4, 0.5) is 0 Å². The van der Waals surface area contributed by atoms with Crippen molar-refractivity contribution in [1.82, 2.24) is 0 Å². The maximum absolute atomic E-state index is 10.3. The summed E-state index contributed by atoms with van der Waals surface area (Å²) in [6.45, 7) is -3.18. The fourth-order valence-corrected chi connectivity index (χ4v) is 2.28. The molecule has 0 radical (unpaired) electrons. The second-order valence-corrected chi connectivity index (χ2v) is 6.02. The van der Waals surface area contributed by atoms with Gasteiger partial charge in [0, 0.05) is 5.75 Å². The third-order valence-corrected chi connectivity index (χ3v) is 3.47. The first kappa shape index (κ1) is 11.5. The summed E-state index contributed by atoms with van der Waals surface area (Å²) in [5.41, 5.74) is 5.24. The van der Waals surface area contributed by atoms with Crippen LogP contribution in [0, 0.1) is 0 Å². The lowest BCUT2D eigenvalue weighted by molar-refractivity contribution is 0.397. The lowest BCUT2D eigenvalue weighted by Crippen LogP contribution is -1.97. The summed E-state index contributed by atoms with van der Waals surface area (Å²) >= 11 is 0.710. The molecule has 0 saturated heterocycles. The summed E-state index contributed by atoms with van der Waals surface area (Å²) < 4.78 is 10.3. The van der Waals surface area contributed by atoms with Crippen LogP contribution in [0.25, 0.3) is 0 Å². The van der Waals surface area contributed by atoms with Crippen molar-refractivity contribution in [2.24, 2.45) is 5.73 Å². The van der Waals surface area contributed by atoms with Crippen molar-refractivity contribution >= 4 is 18.2 Å². The van der Waals surface area contributed by atoms with Gasteiger partial charge in [0.1, 0.15) is 0 Å². The Kier molecular flexibility index (Phi) is 6.28. The van der Waals surface area contributed by atoms with Crippen molar-refractivity contribution in [1.29, 1.82) is 0 Å². The van der Waals surface area contributed by atoms with Gasteiger partial charge in [-0.3, -0.25) is 0 Å². The molecule has 0 aliphatic carbocycles. The van der Waals surface area contributed by atoms with E-state index < -0.39 is 6.80 Å². The van der Waals surface area contributed by atoms with E-state index in [0.717, 1.165) is 19.3 Å². The summed E-state index contributed by atoms with van der Waals surface area (Å²) in [7, 11) is 0. The van der Waals surface area contributed by atoms with Crippen LogP contribution in [0.2, 0.25) is 0 Å². The van der Waals surface area contributed by atoms with Crippen LogP contribution in [-0.4, -0.2) is 22.1 Å². The van der Waals surface area contributed by atoms with Gasteiger partial charge in [0.15, 0.2) is 0 Å². The fraction of sp³-hybridized carbons (Fsp3) is 1.00. The van der Waals surface area contributed by atoms with Crippen molar-refractivity contribution in [2.75, 3.05) is 12.3 Å². The SMILES string of the molecule is NCCCCCSP(=O)(O)O. The molecule has 0 aliphatic rings. The van der Waals surface area contributed by atoms with E-state index in [-0.39, 0.29) is 0 Å². The summed E-state index contributed by atoms with van der Waals surface area (Å²) in [5.74, 6) is 0.518. The highest BCUT2D eigenvalue weighted by atomic mass is 32.7. The molecular formula is C5H14NO3PS. The van der Waals surface area contributed by atoms with Gasteiger partial charge in [-0.2, -0.15) is 0 Å². The maximum atomic E-state index is 10.3. The smallest absolute Gasteiger partial charge is 0.330 e. The minimum Gasteiger partial charge on any atom is -0.330 e. The zero-order valence-electron chi connectivity index (χ0n) is 6.27. The third kappa shape index (κ3) is 10.5. The molecule has 11 heavy (non-hydrogen) atoms. The molecule has 0 rings (SSSR count). The zero-order valence-corrected chi connectivity index (χ0v) is 7.98. The largest absolute Gasteiger partial charge is 0.383 e. The van der Waals surface area contributed by atoms with E-state index in [1.807, 2.05) is 0 Å². The van der Waals surface area contributed by atoms with E-state index >= 15 is 0 Å². The Labute approximate surface area is 70.5 Å². The molecule has 0 bridgehead atoms. The Bertz CT molecular complexity index is 138. The molecule has 4 nitrogen and oxygen atoms in total. The number of unbranched alkanes of at least 4 members (excludes halogenated alkanes) is 2. The van der Waals surface area contributed by atoms with Crippen molar-refractivity contribution in [2.45, 2.75) is 19.3 Å². The molecule has 0 heterocycles. The highest BCUT2D eigenvalue weighted by Gasteiger charge is 2.11. The average molecular weight is 199 g/mol. The van der Waals surface area contributed by atoms with Gasteiger partial charge in [-0.1, -0.05) is 6.42 Å². The predicted octanol–water partition coefficient (Wildman–Crippen LogP) is 0.941. The summed E-state index contributed by atoms with van der Waals surface area (Å²) in [4.78, 5) is 16.8. The van der Waals surface area contributed by atoms with Gasteiger partial charge < -0.3 is 15.5 Å². The van der Waals surface area contributed by atoms with Crippen molar-refractivity contribution < 1.29 is 14.4 Å². The molecule has 0 aromatic carbocycles. The van der Waals surface area contributed by atoms with Crippen LogP contribution in [0.1, 0.15) is 19.3 Å². The van der Waals surface area contributed by atoms with E-state index in [2.05, 4.69) is 0 Å². The Hall–Kier alpha value is 0.460. The Morgan fingerprint density at radius 3 is 2.36 bits per heavy atom. The highest BCUT2D eigenvalue weighted by Crippen LogP contribution is 2.50. The summed E-state index contributed by atoms with van der Waals surface area (Å²) in [6, 6.07) is 0. The quantitative estimate of drug-likeness (QED) is 0.438. The zero-order chi connectivity index (χ0) is 8.74. The molecular weight excluding hydrogens is 185 g/mol. The maximum Gasteiger partial charge on any atom is 0.383 e. The monoisotopic (exact) mass is 199 g/mol. The normalized spacial score (nSPS) is 11.9. The minimum absolute atomic E-state index is 0.518. The van der Waals surface area contributed by atoms with E-state index in [0.29, 0.717) is 23.7 Å². The van der Waals surface area contributed by atoms with E-state index in [1.54, 1.807) is 0 Å². The van der Waals surface area contributed by atoms with Crippen LogP contribution in [-0.2, 0) is 4.57 Å². The molecule has 0 atom stereocenters. The third-order valence-electron chi connectivity index (χ3n) is 1.11. The van der Waals surface area contributed by atoms with Gasteiger partial charge in [0.2, 0.25) is 0 Å². The molecule has 0 aromatic heterocycles. The molecule has 0 saturated carbocycles. The first-order valence-corrected chi connectivity index (χ1v) is 6.67. The predicted molar refractivity (Wildman–Crippen MR) is 47.4 cm³/mol. The standard InChI is InChI=1S/C5H14NO3PS/c6-4-2-1-3-5-11-10(7,8)9/h1-6H2,(H2,7,8,9). The Morgan fingerprint density at radius 2 is 1.91 bits per heavy atom. The van der Waals surface area contributed by atoms with Crippen LogP contribution in [0.15, 0.2) is 0 Å². The molecule has 0 fully saturated rings. The molecule has 0 spiro atoms. The van der Waals surface area contributed by atoms with Gasteiger partial charge in [-0.25, -0.2) is 4.57 Å². The molecule has 0 unspecified atom stereocenters. The fourth-order valence-electron chi connectivity index (χ4n) is 0.607. The Balaban J connectivity index is 3.09. The van der Waals surface area contributed by atoms with Crippen LogP contribution >= 0.6 is 18.2 Å². The van der Waals surface area contributed by atoms with Gasteiger partial charge in [0.25, 0.3) is 0 Å². The van der Waals surface area contributed by atoms with Crippen LogP contribution < -0.4 is 5.73 Å². The van der Waals surface area contributed by atoms with Crippen molar-refractivity contribution in [3.8, 4) is 0 Å². The molecule has 0 aromatic rings. The topological polar surface area (TPSA) is 83.6 Å². The number of hydrogen-bond acceptors (Lipinski definition) is 3. The average Bonchev–Trinajstić information content (AvgIpc) is 1.85. The first-order valence-electron chi connectivity index (χ1n) is 3.46. The van der Waals surface area contributed by atoms with E-state index in [1.165, 1.54) is 0 Å². The number of nitrogens with two attached hydrogens (primary N) is 1. The molecule has 68 valence electrons. The second-order valence-electron chi connectivity index (χ2n) is 2.17. The first-order chi connectivity index (χ1) is 5.06. The van der Waals surface area contributed by atoms with Crippen LogP contribution in [0.3, 0.4) is 0 Å². The Morgan fingerprint density at radius 1 is 1.27 bits per heavy atom.